The van der Waals surface area contributed by atoms with Crippen molar-refractivity contribution in [1.29, 1.82) is 0 Å². The van der Waals surface area contributed by atoms with Crippen LogP contribution in [0.1, 0.15) is 6.92 Å². The van der Waals surface area contributed by atoms with E-state index in [9.17, 15) is 4.79 Å². The van der Waals surface area contributed by atoms with Crippen LogP contribution < -0.4 is 5.32 Å². The van der Waals surface area contributed by atoms with Crippen molar-refractivity contribution >= 4 is 55.9 Å². The lowest BCUT2D eigenvalue weighted by molar-refractivity contribution is -0.113. The Kier molecular flexibility index (Phi) is 5.47. The lowest BCUT2D eigenvalue weighted by Crippen LogP contribution is -2.13. The first-order valence-corrected chi connectivity index (χ1v) is 12.4. The average Bonchev–Trinajstić information content (AvgIpc) is 3.50. The number of carbonyl (C=O) groups excluding carboxylic acids is 1. The Hall–Kier alpha value is -4.10. The number of hydrogen-bond acceptors (Lipinski definition) is 5. The van der Waals surface area contributed by atoms with Crippen LogP contribution in [0.4, 0.5) is 5.69 Å². The molecule has 1 N–H and O–H groups in total. The van der Waals surface area contributed by atoms with Gasteiger partial charge in [-0.3, -0.25) is 4.79 Å². The van der Waals surface area contributed by atoms with Gasteiger partial charge >= 0.3 is 0 Å². The van der Waals surface area contributed by atoms with E-state index >= 15 is 0 Å². The summed E-state index contributed by atoms with van der Waals surface area (Å²) >= 11 is 1.22. The van der Waals surface area contributed by atoms with Gasteiger partial charge < -0.3 is 14.3 Å². The number of nitrogens with zero attached hydrogens (tertiary/aromatic N) is 3. The summed E-state index contributed by atoms with van der Waals surface area (Å²) in [4.78, 5) is 12.6. The maximum Gasteiger partial charge on any atom is 0.277 e. The highest BCUT2D eigenvalue weighted by Crippen LogP contribution is 2.31. The molecule has 6 nitrogen and oxygen atoms in total. The molecule has 2 aromatic heterocycles. The van der Waals surface area contributed by atoms with Gasteiger partial charge in [0.2, 0.25) is 11.8 Å². The summed E-state index contributed by atoms with van der Waals surface area (Å²) in [5.74, 6) is 0.490. The zero-order valence-electron chi connectivity index (χ0n) is 19.1. The van der Waals surface area contributed by atoms with E-state index in [2.05, 4.69) is 57.3 Å². The molecular formula is C28H22N4O2S. The number of amides is 1. The van der Waals surface area contributed by atoms with E-state index in [1.165, 1.54) is 22.7 Å². The Morgan fingerprint density at radius 3 is 2.57 bits per heavy atom. The number of benzene rings is 4. The molecule has 0 fully saturated rings. The summed E-state index contributed by atoms with van der Waals surface area (Å²) in [5.41, 5.74) is 3.98. The number of fused-ring (bicyclic) bond motifs is 4. The highest BCUT2D eigenvalue weighted by molar-refractivity contribution is 7.99. The fraction of sp³-hybridized carbons (Fsp3) is 0.107. The monoisotopic (exact) mass is 478 g/mol. The second-order valence-corrected chi connectivity index (χ2v) is 9.19. The number of hydrogen-bond donors (Lipinski definition) is 1. The molecule has 1 amide bonds. The number of thioether (sulfide) groups is 1. The third kappa shape index (κ3) is 4.04. The van der Waals surface area contributed by atoms with Gasteiger partial charge in [0.05, 0.1) is 5.75 Å². The molecule has 0 saturated heterocycles. The third-order valence-corrected chi connectivity index (χ3v) is 6.92. The number of carbonyl (C=O) groups is 1. The van der Waals surface area contributed by atoms with E-state index in [4.69, 9.17) is 4.42 Å². The molecule has 4 aromatic carbocycles. The van der Waals surface area contributed by atoms with E-state index in [0.29, 0.717) is 11.1 Å². The highest BCUT2D eigenvalue weighted by Gasteiger charge is 2.14. The molecule has 6 rings (SSSR count). The van der Waals surface area contributed by atoms with Crippen LogP contribution in [-0.4, -0.2) is 26.4 Å². The van der Waals surface area contributed by atoms with Crippen molar-refractivity contribution in [2.24, 2.45) is 0 Å². The van der Waals surface area contributed by atoms with Crippen LogP contribution in [0.2, 0.25) is 0 Å². The number of nitrogens with one attached hydrogen (secondary N) is 1. The van der Waals surface area contributed by atoms with Crippen molar-refractivity contribution < 1.29 is 9.21 Å². The predicted octanol–water partition coefficient (Wildman–Crippen LogP) is 6.75. The second-order valence-electron chi connectivity index (χ2n) is 8.27. The maximum atomic E-state index is 12.6. The smallest absolute Gasteiger partial charge is 0.277 e. The van der Waals surface area contributed by atoms with E-state index < -0.39 is 0 Å². The average molecular weight is 479 g/mol. The van der Waals surface area contributed by atoms with Gasteiger partial charge in [0, 0.05) is 39.6 Å². The fourth-order valence-corrected chi connectivity index (χ4v) is 5.07. The minimum Gasteiger partial charge on any atom is -0.411 e. The zero-order chi connectivity index (χ0) is 23.8. The molecule has 6 aromatic rings. The van der Waals surface area contributed by atoms with Crippen molar-refractivity contribution in [3.8, 4) is 11.5 Å². The van der Waals surface area contributed by atoms with E-state index in [-0.39, 0.29) is 11.7 Å². The Labute approximate surface area is 206 Å². The van der Waals surface area contributed by atoms with Crippen LogP contribution in [-0.2, 0) is 11.3 Å². The highest BCUT2D eigenvalue weighted by atomic mass is 32.2. The summed E-state index contributed by atoms with van der Waals surface area (Å²) in [7, 11) is 0. The van der Waals surface area contributed by atoms with Gasteiger partial charge in [0.25, 0.3) is 5.22 Å². The number of aryl methyl sites for hydroxylation is 1. The van der Waals surface area contributed by atoms with Crippen molar-refractivity contribution in [3.05, 3.63) is 84.9 Å². The molecular weight excluding hydrogens is 456 g/mol. The molecule has 0 saturated carbocycles. The fourth-order valence-electron chi connectivity index (χ4n) is 4.50. The van der Waals surface area contributed by atoms with Crippen LogP contribution in [0.5, 0.6) is 0 Å². The molecule has 0 radical (unpaired) electrons. The molecule has 0 bridgehead atoms. The van der Waals surface area contributed by atoms with Crippen molar-refractivity contribution in [1.82, 2.24) is 14.8 Å². The summed E-state index contributed by atoms with van der Waals surface area (Å²) in [6.45, 7) is 3.03. The van der Waals surface area contributed by atoms with Gasteiger partial charge in [-0.1, -0.05) is 60.3 Å². The Morgan fingerprint density at radius 1 is 0.886 bits per heavy atom. The van der Waals surface area contributed by atoms with Crippen LogP contribution in [0.25, 0.3) is 44.0 Å². The summed E-state index contributed by atoms with van der Waals surface area (Å²) in [6, 6.07) is 28.5. The molecule has 172 valence electrons. The van der Waals surface area contributed by atoms with Crippen molar-refractivity contribution in [2.45, 2.75) is 18.7 Å². The number of rotatable bonds is 6. The van der Waals surface area contributed by atoms with E-state index in [0.717, 1.165) is 39.5 Å². The van der Waals surface area contributed by atoms with Crippen molar-refractivity contribution in [3.63, 3.8) is 0 Å². The number of para-hydroxylation sites is 1. The lowest BCUT2D eigenvalue weighted by Gasteiger charge is -2.06. The quantitative estimate of drug-likeness (QED) is 0.268. The Balaban J connectivity index is 1.15. The zero-order valence-corrected chi connectivity index (χ0v) is 19.9. The van der Waals surface area contributed by atoms with Crippen LogP contribution in [0, 0.1) is 0 Å². The molecule has 35 heavy (non-hydrogen) atoms. The molecule has 0 aliphatic rings. The van der Waals surface area contributed by atoms with Gasteiger partial charge in [-0.2, -0.15) is 0 Å². The molecule has 0 atom stereocenters. The number of anilines is 1. The molecule has 0 unspecified atom stereocenters. The minimum absolute atomic E-state index is 0.126. The molecule has 0 spiro atoms. The van der Waals surface area contributed by atoms with Crippen LogP contribution in [0.15, 0.2) is 94.6 Å². The van der Waals surface area contributed by atoms with E-state index in [1.54, 1.807) is 0 Å². The first-order valence-electron chi connectivity index (χ1n) is 11.5. The van der Waals surface area contributed by atoms with Gasteiger partial charge in [-0.05, 0) is 54.1 Å². The topological polar surface area (TPSA) is 73.0 Å². The van der Waals surface area contributed by atoms with Gasteiger partial charge in [-0.15, -0.1) is 10.2 Å². The summed E-state index contributed by atoms with van der Waals surface area (Å²) < 4.78 is 8.08. The lowest BCUT2D eigenvalue weighted by atomic mass is 10.1. The SMILES string of the molecule is CCn1c2ccccc2c2cc(NC(=O)CSc3nnc(-c4ccc5ccccc5c4)o3)ccc21. The molecule has 2 heterocycles. The Bertz CT molecular complexity index is 1700. The summed E-state index contributed by atoms with van der Waals surface area (Å²) in [6.07, 6.45) is 0. The van der Waals surface area contributed by atoms with Crippen molar-refractivity contribution in [2.75, 3.05) is 11.1 Å². The van der Waals surface area contributed by atoms with Gasteiger partial charge in [0.15, 0.2) is 0 Å². The van der Waals surface area contributed by atoms with Gasteiger partial charge in [0.1, 0.15) is 0 Å². The molecule has 0 aliphatic carbocycles. The van der Waals surface area contributed by atoms with Crippen LogP contribution >= 0.6 is 11.8 Å². The minimum atomic E-state index is -0.126. The third-order valence-electron chi connectivity index (χ3n) is 6.10. The summed E-state index contributed by atoms with van der Waals surface area (Å²) in [5, 5.41) is 16.2. The first-order chi connectivity index (χ1) is 17.2. The largest absolute Gasteiger partial charge is 0.411 e. The maximum absolute atomic E-state index is 12.6. The molecule has 0 aliphatic heterocycles. The van der Waals surface area contributed by atoms with E-state index in [1.807, 2.05) is 54.6 Å². The normalized spacial score (nSPS) is 11.5. The van der Waals surface area contributed by atoms with Crippen LogP contribution in [0.3, 0.4) is 0 Å². The van der Waals surface area contributed by atoms with Gasteiger partial charge in [-0.25, -0.2) is 0 Å². The molecule has 7 heteroatoms. The first kappa shape index (κ1) is 21.4. The number of aromatic nitrogens is 3. The Morgan fingerprint density at radius 2 is 1.69 bits per heavy atom. The second kappa shape index (κ2) is 8.92. The predicted molar refractivity (Wildman–Crippen MR) is 142 cm³/mol. The standard InChI is InChI=1S/C28H22N4O2S/c1-2-32-24-10-6-5-9-22(24)23-16-21(13-14-25(23)32)29-26(33)17-35-28-31-30-27(34-28)20-12-11-18-7-3-4-8-19(18)15-20/h3-16H,2,17H2,1H3,(H,29,33).